The number of nitrogens with one attached hydrogen (secondary N) is 2. The Bertz CT molecular complexity index is 1290. The van der Waals surface area contributed by atoms with Gasteiger partial charge in [0, 0.05) is 29.5 Å². The van der Waals surface area contributed by atoms with E-state index < -0.39 is 0 Å². The van der Waals surface area contributed by atoms with Gasteiger partial charge in [-0.25, -0.2) is 9.97 Å². The molecule has 5 heterocycles. The fourth-order valence-corrected chi connectivity index (χ4v) is 3.22. The molecule has 5 rings (SSSR count). The number of anilines is 2. The first-order valence-electron chi connectivity index (χ1n) is 8.36. The second-order valence-electron chi connectivity index (χ2n) is 6.14. The van der Waals surface area contributed by atoms with Crippen LogP contribution in [0.1, 0.15) is 5.69 Å². The SMILES string of the molecule is Cc1cccc(-c2cc(Nc3ccnc4[nH]ccc34)n3ncc(Cl)c3n2)n1. The highest BCUT2D eigenvalue weighted by molar-refractivity contribution is 6.33. The van der Waals surface area contributed by atoms with Crippen LogP contribution in [0.15, 0.2) is 55.0 Å². The van der Waals surface area contributed by atoms with Crippen molar-refractivity contribution in [2.45, 2.75) is 6.92 Å². The van der Waals surface area contributed by atoms with Crippen LogP contribution in [0.5, 0.6) is 0 Å². The van der Waals surface area contributed by atoms with Gasteiger partial charge in [-0.05, 0) is 31.2 Å². The van der Waals surface area contributed by atoms with Crippen LogP contribution in [0.25, 0.3) is 28.1 Å². The third-order valence-electron chi connectivity index (χ3n) is 4.30. The molecule has 0 aliphatic heterocycles. The topological polar surface area (TPSA) is 83.8 Å². The van der Waals surface area contributed by atoms with Crippen molar-refractivity contribution in [1.82, 2.24) is 29.5 Å². The average Bonchev–Trinajstić information content (AvgIpc) is 3.29. The lowest BCUT2D eigenvalue weighted by atomic mass is 10.2. The van der Waals surface area contributed by atoms with Crippen LogP contribution < -0.4 is 5.32 Å². The summed E-state index contributed by atoms with van der Waals surface area (Å²) in [5.74, 6) is 0.735. The molecule has 2 N–H and O–H groups in total. The van der Waals surface area contributed by atoms with Crippen LogP contribution in [0.2, 0.25) is 5.02 Å². The van der Waals surface area contributed by atoms with E-state index in [4.69, 9.17) is 11.6 Å². The Kier molecular flexibility index (Phi) is 3.54. The third kappa shape index (κ3) is 2.69. The zero-order valence-electron chi connectivity index (χ0n) is 14.3. The van der Waals surface area contributed by atoms with Crippen molar-refractivity contribution in [3.05, 3.63) is 65.7 Å². The van der Waals surface area contributed by atoms with Gasteiger partial charge in [-0.3, -0.25) is 4.98 Å². The number of rotatable bonds is 3. The van der Waals surface area contributed by atoms with E-state index in [-0.39, 0.29) is 0 Å². The van der Waals surface area contributed by atoms with Crippen molar-refractivity contribution in [3.63, 3.8) is 0 Å². The van der Waals surface area contributed by atoms with Gasteiger partial charge in [-0.2, -0.15) is 9.61 Å². The molecule has 0 saturated carbocycles. The van der Waals surface area contributed by atoms with E-state index in [0.29, 0.717) is 10.7 Å². The molecule has 0 radical (unpaired) electrons. The maximum Gasteiger partial charge on any atom is 0.176 e. The molecule has 0 unspecified atom stereocenters. The smallest absolute Gasteiger partial charge is 0.176 e. The van der Waals surface area contributed by atoms with E-state index in [1.807, 2.05) is 49.5 Å². The van der Waals surface area contributed by atoms with Crippen molar-refractivity contribution in [2.24, 2.45) is 0 Å². The number of halogens is 1. The molecule has 0 aliphatic rings. The summed E-state index contributed by atoms with van der Waals surface area (Å²) >= 11 is 6.31. The monoisotopic (exact) mass is 375 g/mol. The van der Waals surface area contributed by atoms with E-state index >= 15 is 0 Å². The largest absolute Gasteiger partial charge is 0.346 e. The maximum atomic E-state index is 6.31. The summed E-state index contributed by atoms with van der Waals surface area (Å²) in [6.07, 6.45) is 5.19. The summed E-state index contributed by atoms with van der Waals surface area (Å²) in [5.41, 5.74) is 4.70. The van der Waals surface area contributed by atoms with E-state index in [1.54, 1.807) is 16.9 Å². The minimum absolute atomic E-state index is 0.481. The number of hydrogen-bond donors (Lipinski definition) is 2. The van der Waals surface area contributed by atoms with E-state index in [2.05, 4.69) is 30.4 Å². The fraction of sp³-hybridized carbons (Fsp3) is 0.0526. The molecule has 7 nitrogen and oxygen atoms in total. The molecule has 132 valence electrons. The lowest BCUT2D eigenvalue weighted by Gasteiger charge is -2.11. The van der Waals surface area contributed by atoms with Crippen LogP contribution in [0.3, 0.4) is 0 Å². The molecule has 27 heavy (non-hydrogen) atoms. The number of aromatic amines is 1. The number of pyridine rings is 2. The molecule has 5 aromatic heterocycles. The highest BCUT2D eigenvalue weighted by Crippen LogP contribution is 2.29. The first kappa shape index (κ1) is 15.8. The van der Waals surface area contributed by atoms with Crippen LogP contribution in [-0.2, 0) is 0 Å². The molecule has 0 atom stereocenters. The number of H-pyrrole nitrogens is 1. The summed E-state index contributed by atoms with van der Waals surface area (Å²) in [4.78, 5) is 16.7. The summed E-state index contributed by atoms with van der Waals surface area (Å²) in [6.45, 7) is 1.95. The summed E-state index contributed by atoms with van der Waals surface area (Å²) in [6, 6.07) is 11.6. The molecule has 0 bridgehead atoms. The Morgan fingerprint density at radius 2 is 2.04 bits per heavy atom. The predicted octanol–water partition coefficient (Wildman–Crippen LogP) is 4.37. The average molecular weight is 376 g/mol. The van der Waals surface area contributed by atoms with E-state index in [9.17, 15) is 0 Å². The first-order chi connectivity index (χ1) is 13.2. The number of nitrogens with zero attached hydrogens (tertiary/aromatic N) is 5. The van der Waals surface area contributed by atoms with Gasteiger partial charge in [0.05, 0.1) is 23.3 Å². The fourth-order valence-electron chi connectivity index (χ4n) is 3.05. The minimum Gasteiger partial charge on any atom is -0.346 e. The van der Waals surface area contributed by atoms with Crippen molar-refractivity contribution < 1.29 is 0 Å². The van der Waals surface area contributed by atoms with Gasteiger partial charge in [0.25, 0.3) is 0 Å². The summed E-state index contributed by atoms with van der Waals surface area (Å²) in [5, 5.41) is 9.24. The molecular formula is C19H14ClN7. The number of aryl methyl sites for hydroxylation is 1. The first-order valence-corrected chi connectivity index (χ1v) is 8.74. The molecule has 0 spiro atoms. The van der Waals surface area contributed by atoms with E-state index in [0.717, 1.165) is 39.6 Å². The van der Waals surface area contributed by atoms with Crippen molar-refractivity contribution >= 4 is 39.8 Å². The van der Waals surface area contributed by atoms with E-state index in [1.165, 1.54) is 0 Å². The van der Waals surface area contributed by atoms with Gasteiger partial charge >= 0.3 is 0 Å². The Hall–Kier alpha value is -3.45. The quantitative estimate of drug-likeness (QED) is 0.489. The summed E-state index contributed by atoms with van der Waals surface area (Å²) < 4.78 is 1.68. The van der Waals surface area contributed by atoms with Crippen molar-refractivity contribution in [1.29, 1.82) is 0 Å². The lowest BCUT2D eigenvalue weighted by molar-refractivity contribution is 0.947. The van der Waals surface area contributed by atoms with Crippen LogP contribution in [0, 0.1) is 6.92 Å². The Morgan fingerprint density at radius 3 is 2.93 bits per heavy atom. The summed E-state index contributed by atoms with van der Waals surface area (Å²) in [7, 11) is 0. The molecule has 0 aliphatic carbocycles. The molecule has 0 aromatic carbocycles. The number of hydrogen-bond acceptors (Lipinski definition) is 5. The van der Waals surface area contributed by atoms with Crippen molar-refractivity contribution in [2.75, 3.05) is 5.32 Å². The lowest BCUT2D eigenvalue weighted by Crippen LogP contribution is -2.03. The Labute approximate surface area is 159 Å². The van der Waals surface area contributed by atoms with Crippen molar-refractivity contribution in [3.8, 4) is 11.4 Å². The molecule has 0 amide bonds. The van der Waals surface area contributed by atoms with Gasteiger partial charge in [0.15, 0.2) is 5.65 Å². The second-order valence-corrected chi connectivity index (χ2v) is 6.55. The zero-order chi connectivity index (χ0) is 18.4. The van der Waals surface area contributed by atoms with Gasteiger partial charge in [-0.1, -0.05) is 17.7 Å². The zero-order valence-corrected chi connectivity index (χ0v) is 15.1. The van der Waals surface area contributed by atoms with Gasteiger partial charge in [0.2, 0.25) is 0 Å². The van der Waals surface area contributed by atoms with Crippen LogP contribution in [0.4, 0.5) is 11.5 Å². The Morgan fingerprint density at radius 1 is 1.11 bits per heavy atom. The highest BCUT2D eigenvalue weighted by atomic mass is 35.5. The molecule has 0 saturated heterocycles. The second kappa shape index (κ2) is 6.07. The van der Waals surface area contributed by atoms with Gasteiger partial charge < -0.3 is 10.3 Å². The van der Waals surface area contributed by atoms with Crippen LogP contribution >= 0.6 is 11.6 Å². The highest BCUT2D eigenvalue weighted by Gasteiger charge is 2.14. The maximum absolute atomic E-state index is 6.31. The normalized spacial score (nSPS) is 11.3. The molecule has 0 fully saturated rings. The van der Waals surface area contributed by atoms with Crippen LogP contribution in [-0.4, -0.2) is 29.5 Å². The number of aromatic nitrogens is 6. The predicted molar refractivity (Wildman–Crippen MR) is 105 cm³/mol. The number of fused-ring (bicyclic) bond motifs is 2. The minimum atomic E-state index is 0.481. The molecular weight excluding hydrogens is 362 g/mol. The third-order valence-corrected chi connectivity index (χ3v) is 4.57. The Balaban J connectivity index is 1.70. The molecule has 5 aromatic rings. The standard InChI is InChI=1S/C19H14ClN7/c1-11-3-2-4-15(24-11)16-9-17(27-19(26-16)13(20)10-23-27)25-14-6-8-22-18-12(14)5-7-21-18/h2-10H,1H3,(H2,21,22,25). The van der Waals surface area contributed by atoms with Gasteiger partial charge in [0.1, 0.15) is 16.5 Å². The molecule has 8 heteroatoms. The van der Waals surface area contributed by atoms with Gasteiger partial charge in [-0.15, -0.1) is 0 Å².